The van der Waals surface area contributed by atoms with Crippen LogP contribution in [-0.2, 0) is 19.1 Å². The minimum atomic E-state index is -1.33. The second kappa shape index (κ2) is 15.7. The average molecular weight is 529 g/mol. The molecule has 0 saturated carbocycles. The zero-order valence-corrected chi connectivity index (χ0v) is 23.6. The van der Waals surface area contributed by atoms with Crippen molar-refractivity contribution in [1.29, 1.82) is 0 Å². The summed E-state index contributed by atoms with van der Waals surface area (Å²) in [5, 5.41) is 5.37. The van der Waals surface area contributed by atoms with Gasteiger partial charge >= 0.3 is 6.09 Å². The van der Waals surface area contributed by atoms with Gasteiger partial charge in [0.25, 0.3) is 0 Å². The van der Waals surface area contributed by atoms with Crippen molar-refractivity contribution in [3.63, 3.8) is 0 Å². The normalized spacial score (nSPS) is 12.7. The summed E-state index contributed by atoms with van der Waals surface area (Å²) in [6, 6.07) is 4.30. The van der Waals surface area contributed by atoms with Crippen molar-refractivity contribution in [1.82, 2.24) is 15.5 Å². The fourth-order valence-electron chi connectivity index (χ4n) is 3.98. The van der Waals surface area contributed by atoms with E-state index < -0.39 is 47.9 Å². The maximum atomic E-state index is 14.0. The summed E-state index contributed by atoms with van der Waals surface area (Å²) in [7, 11) is 0. The molecule has 9 heteroatoms. The average Bonchev–Trinajstić information content (AvgIpc) is 2.80. The van der Waals surface area contributed by atoms with Gasteiger partial charge < -0.3 is 26.0 Å². The number of benzene rings is 1. The van der Waals surface area contributed by atoms with Crippen LogP contribution in [0.5, 0.6) is 0 Å². The number of carbonyl (C=O) groups excluding carboxylic acids is 4. The Hall–Kier alpha value is -3.54. The molecule has 2 unspecified atom stereocenters. The van der Waals surface area contributed by atoms with E-state index >= 15 is 0 Å². The molecule has 0 aliphatic carbocycles. The van der Waals surface area contributed by atoms with Crippen molar-refractivity contribution in [3.8, 4) is 12.3 Å². The molecule has 4 amide bonds. The van der Waals surface area contributed by atoms with Gasteiger partial charge in [-0.1, -0.05) is 56.7 Å². The van der Waals surface area contributed by atoms with E-state index in [1.54, 1.807) is 45.0 Å². The molecule has 1 aromatic rings. The number of primary amides is 1. The van der Waals surface area contributed by atoms with Crippen LogP contribution in [-0.4, -0.2) is 52.9 Å². The fourth-order valence-corrected chi connectivity index (χ4v) is 3.98. The van der Waals surface area contributed by atoms with E-state index in [0.717, 1.165) is 25.7 Å². The molecule has 9 nitrogen and oxygen atoms in total. The number of ether oxygens (including phenoxy) is 1. The van der Waals surface area contributed by atoms with E-state index in [1.807, 2.05) is 13.8 Å². The first-order chi connectivity index (χ1) is 17.8. The highest BCUT2D eigenvalue weighted by molar-refractivity contribution is 5.94. The van der Waals surface area contributed by atoms with Gasteiger partial charge in [-0.15, -0.1) is 6.42 Å². The lowest BCUT2D eigenvalue weighted by Gasteiger charge is -2.35. The van der Waals surface area contributed by atoms with Crippen molar-refractivity contribution < 1.29 is 23.9 Å². The number of hydrogen-bond acceptors (Lipinski definition) is 5. The molecule has 0 radical (unpaired) electrons. The van der Waals surface area contributed by atoms with Gasteiger partial charge in [-0.2, -0.15) is 0 Å². The van der Waals surface area contributed by atoms with Crippen molar-refractivity contribution in [2.75, 3.05) is 6.54 Å². The smallest absolute Gasteiger partial charge is 0.408 e. The van der Waals surface area contributed by atoms with Crippen LogP contribution in [0.1, 0.15) is 97.2 Å². The SMILES string of the molecule is C#Cc1ccccc1C(C(=O)NC(C)C)N(CCCCCCC)C(=O)C(CC(N)=O)NC(=O)OC(C)(C)C. The third-order valence-electron chi connectivity index (χ3n) is 5.58. The molecule has 2 atom stereocenters. The minimum Gasteiger partial charge on any atom is -0.444 e. The van der Waals surface area contributed by atoms with Gasteiger partial charge in [-0.05, 0) is 52.7 Å². The molecular formula is C29H44N4O5. The number of unbranched alkanes of at least 4 members (excludes halogenated alkanes) is 4. The van der Waals surface area contributed by atoms with Crippen molar-refractivity contribution in [2.24, 2.45) is 5.73 Å². The number of alkyl carbamates (subject to hydrolysis) is 1. The summed E-state index contributed by atoms with van der Waals surface area (Å²) in [6.45, 7) is 11.0. The van der Waals surface area contributed by atoms with E-state index in [1.165, 1.54) is 4.90 Å². The summed E-state index contributed by atoms with van der Waals surface area (Å²) in [6.07, 6.45) is 8.96. The second-order valence-corrected chi connectivity index (χ2v) is 10.6. The van der Waals surface area contributed by atoms with E-state index in [9.17, 15) is 19.2 Å². The maximum absolute atomic E-state index is 14.0. The van der Waals surface area contributed by atoms with Crippen LogP contribution in [0, 0.1) is 12.3 Å². The molecule has 0 fully saturated rings. The molecule has 0 bridgehead atoms. The quantitative estimate of drug-likeness (QED) is 0.250. The lowest BCUT2D eigenvalue weighted by atomic mass is 9.96. The number of amides is 4. The van der Waals surface area contributed by atoms with Crippen LogP contribution in [0.25, 0.3) is 0 Å². The molecule has 1 rings (SSSR count). The Morgan fingerprint density at radius 3 is 2.24 bits per heavy atom. The summed E-state index contributed by atoms with van der Waals surface area (Å²) < 4.78 is 5.31. The summed E-state index contributed by atoms with van der Waals surface area (Å²) in [5.41, 5.74) is 5.56. The Balaban J connectivity index is 3.55. The first kappa shape index (κ1) is 32.5. The van der Waals surface area contributed by atoms with Crippen molar-refractivity contribution in [2.45, 2.75) is 104 Å². The van der Waals surface area contributed by atoms with Gasteiger partial charge in [0.05, 0.1) is 6.42 Å². The molecule has 0 aliphatic rings. The van der Waals surface area contributed by atoms with Crippen LogP contribution >= 0.6 is 0 Å². The van der Waals surface area contributed by atoms with Gasteiger partial charge in [0.1, 0.15) is 17.7 Å². The summed E-state index contributed by atoms with van der Waals surface area (Å²) in [5.74, 6) is 0.776. The maximum Gasteiger partial charge on any atom is 0.408 e. The number of carbonyl (C=O) groups is 4. The van der Waals surface area contributed by atoms with E-state index in [-0.39, 0.29) is 12.6 Å². The molecular weight excluding hydrogens is 484 g/mol. The highest BCUT2D eigenvalue weighted by Gasteiger charge is 2.37. The van der Waals surface area contributed by atoms with Gasteiger partial charge in [-0.3, -0.25) is 14.4 Å². The molecule has 0 saturated heterocycles. The van der Waals surface area contributed by atoms with E-state index in [2.05, 4.69) is 23.5 Å². The third-order valence-corrected chi connectivity index (χ3v) is 5.58. The molecule has 0 aliphatic heterocycles. The third kappa shape index (κ3) is 11.2. The number of nitrogens with one attached hydrogen (secondary N) is 2. The number of hydrogen-bond donors (Lipinski definition) is 3. The highest BCUT2D eigenvalue weighted by atomic mass is 16.6. The Kier molecular flexibility index (Phi) is 13.4. The van der Waals surface area contributed by atoms with Gasteiger partial charge in [-0.25, -0.2) is 4.79 Å². The number of rotatable bonds is 14. The van der Waals surface area contributed by atoms with Crippen LogP contribution < -0.4 is 16.4 Å². The Morgan fingerprint density at radius 2 is 1.68 bits per heavy atom. The fraction of sp³-hybridized carbons (Fsp3) is 0.586. The highest BCUT2D eigenvalue weighted by Crippen LogP contribution is 2.27. The standard InChI is InChI=1S/C29H44N4O5/c1-8-10-11-12-15-18-33(27(36)23(19-24(30)34)32-28(37)38-29(5,6)7)25(26(35)31-20(3)4)22-17-14-13-16-21(22)9-2/h2,13-14,16-17,20,23,25H,8,10-12,15,18-19H2,1,3-7H3,(H2,30,34)(H,31,35)(H,32,37). The van der Waals surface area contributed by atoms with Gasteiger partial charge in [0, 0.05) is 18.2 Å². The molecule has 0 spiro atoms. The van der Waals surface area contributed by atoms with Crippen LogP contribution in [0.15, 0.2) is 24.3 Å². The van der Waals surface area contributed by atoms with E-state index in [4.69, 9.17) is 16.9 Å². The Bertz CT molecular complexity index is 993. The zero-order chi connectivity index (χ0) is 28.9. The zero-order valence-electron chi connectivity index (χ0n) is 23.6. The van der Waals surface area contributed by atoms with Crippen LogP contribution in [0.4, 0.5) is 4.79 Å². The largest absolute Gasteiger partial charge is 0.444 e. The van der Waals surface area contributed by atoms with Crippen LogP contribution in [0.2, 0.25) is 0 Å². The predicted molar refractivity (Wildman–Crippen MR) is 148 cm³/mol. The molecule has 4 N–H and O–H groups in total. The first-order valence-corrected chi connectivity index (χ1v) is 13.2. The first-order valence-electron chi connectivity index (χ1n) is 13.2. The molecule has 0 aromatic heterocycles. The Morgan fingerprint density at radius 1 is 1.05 bits per heavy atom. The van der Waals surface area contributed by atoms with Gasteiger partial charge in [0.15, 0.2) is 0 Å². The molecule has 1 aromatic carbocycles. The van der Waals surface area contributed by atoms with Gasteiger partial charge in [0.2, 0.25) is 17.7 Å². The van der Waals surface area contributed by atoms with Crippen LogP contribution in [0.3, 0.4) is 0 Å². The van der Waals surface area contributed by atoms with E-state index in [0.29, 0.717) is 17.5 Å². The number of nitrogens with zero attached hydrogens (tertiary/aromatic N) is 1. The minimum absolute atomic E-state index is 0.203. The lowest BCUT2D eigenvalue weighted by molar-refractivity contribution is -0.143. The number of nitrogens with two attached hydrogens (primary N) is 1. The lowest BCUT2D eigenvalue weighted by Crippen LogP contribution is -2.54. The number of terminal acetylenes is 1. The van der Waals surface area contributed by atoms with Crippen molar-refractivity contribution >= 4 is 23.8 Å². The second-order valence-electron chi connectivity index (χ2n) is 10.6. The summed E-state index contributed by atoms with van der Waals surface area (Å²) >= 11 is 0. The molecule has 38 heavy (non-hydrogen) atoms. The monoisotopic (exact) mass is 528 g/mol. The topological polar surface area (TPSA) is 131 Å². The molecule has 210 valence electrons. The Labute approximate surface area is 227 Å². The molecule has 0 heterocycles. The van der Waals surface area contributed by atoms with Crippen molar-refractivity contribution in [3.05, 3.63) is 35.4 Å². The summed E-state index contributed by atoms with van der Waals surface area (Å²) in [4.78, 5) is 53.5. The predicted octanol–water partition coefficient (Wildman–Crippen LogP) is 3.80.